The van der Waals surface area contributed by atoms with Crippen molar-refractivity contribution in [3.63, 3.8) is 0 Å². The van der Waals surface area contributed by atoms with Crippen molar-refractivity contribution in [2.24, 2.45) is 0 Å². The van der Waals surface area contributed by atoms with Crippen molar-refractivity contribution in [2.75, 3.05) is 5.32 Å². The monoisotopic (exact) mass is 323 g/mol. The molecule has 1 nitrogen and oxygen atoms in total. The van der Waals surface area contributed by atoms with E-state index in [1.807, 2.05) is 18.2 Å². The number of halogens is 2. The van der Waals surface area contributed by atoms with Crippen molar-refractivity contribution in [3.8, 4) is 0 Å². The molecule has 0 spiro atoms. The molecule has 0 aliphatic rings. The molecular weight excluding hydrogens is 310 g/mol. The summed E-state index contributed by atoms with van der Waals surface area (Å²) >= 11 is 9.52. The largest absolute Gasteiger partial charge is 0.378 e. The Morgan fingerprint density at radius 2 is 1.94 bits per heavy atom. The summed E-state index contributed by atoms with van der Waals surface area (Å²) in [6.45, 7) is 4.21. The Bertz CT molecular complexity index is 534. The van der Waals surface area contributed by atoms with E-state index in [0.717, 1.165) is 15.2 Å². The first kappa shape index (κ1) is 13.4. The third-order valence-corrected chi connectivity index (χ3v) is 3.47. The first-order chi connectivity index (χ1) is 8.54. The zero-order valence-electron chi connectivity index (χ0n) is 10.4. The Hall–Kier alpha value is -0.990. The smallest absolute Gasteiger partial charge is 0.0486 e. The summed E-state index contributed by atoms with van der Waals surface area (Å²) in [5.74, 6) is 0. The summed E-state index contributed by atoms with van der Waals surface area (Å²) in [6.07, 6.45) is 0. The molecule has 0 radical (unpaired) electrons. The molecule has 0 aliphatic heterocycles. The van der Waals surface area contributed by atoms with Gasteiger partial charge in [-0.3, -0.25) is 0 Å². The van der Waals surface area contributed by atoms with Crippen LogP contribution in [0.3, 0.4) is 0 Å². The molecule has 1 atom stereocenters. The standard InChI is InChI=1S/C15H15BrClN/c1-10-6-13(16)9-15(7-10)18-11(2)12-4-3-5-14(17)8-12/h3-9,11,18H,1-2H3. The minimum Gasteiger partial charge on any atom is -0.378 e. The average Bonchev–Trinajstić information content (AvgIpc) is 2.27. The van der Waals surface area contributed by atoms with Gasteiger partial charge in [-0.25, -0.2) is 0 Å². The third kappa shape index (κ3) is 3.50. The van der Waals surface area contributed by atoms with Crippen LogP contribution in [0.4, 0.5) is 5.69 Å². The van der Waals surface area contributed by atoms with Crippen molar-refractivity contribution in [2.45, 2.75) is 19.9 Å². The molecule has 1 unspecified atom stereocenters. The Morgan fingerprint density at radius 1 is 1.17 bits per heavy atom. The molecule has 2 aromatic rings. The molecule has 0 heterocycles. The van der Waals surface area contributed by atoms with E-state index in [1.54, 1.807) is 0 Å². The number of anilines is 1. The molecule has 2 aromatic carbocycles. The minimum absolute atomic E-state index is 0.220. The molecular formula is C15H15BrClN. The Labute approximate surface area is 121 Å². The second kappa shape index (κ2) is 5.77. The zero-order chi connectivity index (χ0) is 13.1. The average molecular weight is 325 g/mol. The van der Waals surface area contributed by atoms with Crippen molar-refractivity contribution in [1.82, 2.24) is 0 Å². The fourth-order valence-corrected chi connectivity index (χ4v) is 2.74. The van der Waals surface area contributed by atoms with Gasteiger partial charge in [0.2, 0.25) is 0 Å². The Balaban J connectivity index is 2.18. The van der Waals surface area contributed by atoms with Crippen molar-refractivity contribution < 1.29 is 0 Å². The number of nitrogens with one attached hydrogen (secondary N) is 1. The van der Waals surface area contributed by atoms with Crippen LogP contribution < -0.4 is 5.32 Å². The second-order valence-electron chi connectivity index (χ2n) is 4.44. The van der Waals surface area contributed by atoms with Gasteiger partial charge in [0.05, 0.1) is 0 Å². The highest BCUT2D eigenvalue weighted by Gasteiger charge is 2.06. The summed E-state index contributed by atoms with van der Waals surface area (Å²) in [6, 6.07) is 14.5. The van der Waals surface area contributed by atoms with E-state index in [0.29, 0.717) is 0 Å². The van der Waals surface area contributed by atoms with E-state index in [4.69, 9.17) is 11.6 Å². The lowest BCUT2D eigenvalue weighted by Crippen LogP contribution is -2.06. The van der Waals surface area contributed by atoms with Crippen molar-refractivity contribution in [1.29, 1.82) is 0 Å². The normalized spacial score (nSPS) is 12.2. The highest BCUT2D eigenvalue weighted by Crippen LogP contribution is 2.25. The van der Waals surface area contributed by atoms with E-state index in [2.05, 4.69) is 59.4 Å². The Kier molecular flexibility index (Phi) is 4.31. The summed E-state index contributed by atoms with van der Waals surface area (Å²) in [4.78, 5) is 0. The van der Waals surface area contributed by atoms with Crippen LogP contribution in [0, 0.1) is 6.92 Å². The van der Waals surface area contributed by atoms with Crippen LogP contribution in [0.1, 0.15) is 24.1 Å². The quantitative estimate of drug-likeness (QED) is 0.776. The van der Waals surface area contributed by atoms with Gasteiger partial charge in [-0.2, -0.15) is 0 Å². The summed E-state index contributed by atoms with van der Waals surface area (Å²) in [5, 5.41) is 4.25. The van der Waals surface area contributed by atoms with Gasteiger partial charge in [-0.15, -0.1) is 0 Å². The molecule has 1 N–H and O–H groups in total. The predicted octanol–water partition coefficient (Wildman–Crippen LogP) is 5.58. The van der Waals surface area contributed by atoms with Gasteiger partial charge >= 0.3 is 0 Å². The van der Waals surface area contributed by atoms with E-state index in [1.165, 1.54) is 11.1 Å². The third-order valence-electron chi connectivity index (χ3n) is 2.77. The minimum atomic E-state index is 0.220. The molecule has 0 fully saturated rings. The molecule has 0 amide bonds. The summed E-state index contributed by atoms with van der Waals surface area (Å²) < 4.78 is 1.09. The number of rotatable bonds is 3. The van der Waals surface area contributed by atoms with E-state index < -0.39 is 0 Å². The van der Waals surface area contributed by atoms with Gasteiger partial charge in [0.1, 0.15) is 0 Å². The molecule has 2 rings (SSSR count). The maximum Gasteiger partial charge on any atom is 0.0486 e. The number of aryl methyl sites for hydroxylation is 1. The van der Waals surface area contributed by atoms with Crippen LogP contribution >= 0.6 is 27.5 Å². The first-order valence-corrected chi connectivity index (χ1v) is 7.01. The van der Waals surface area contributed by atoms with Crippen LogP contribution in [-0.4, -0.2) is 0 Å². The van der Waals surface area contributed by atoms with Crippen LogP contribution in [0.5, 0.6) is 0 Å². The van der Waals surface area contributed by atoms with Gasteiger partial charge in [-0.1, -0.05) is 39.7 Å². The molecule has 94 valence electrons. The predicted molar refractivity (Wildman–Crippen MR) is 82.4 cm³/mol. The second-order valence-corrected chi connectivity index (χ2v) is 5.79. The summed E-state index contributed by atoms with van der Waals surface area (Å²) in [5.41, 5.74) is 3.51. The number of benzene rings is 2. The van der Waals surface area contributed by atoms with Crippen LogP contribution in [-0.2, 0) is 0 Å². The van der Waals surface area contributed by atoms with Crippen molar-refractivity contribution >= 4 is 33.2 Å². The molecule has 0 saturated heterocycles. The molecule has 3 heteroatoms. The zero-order valence-corrected chi connectivity index (χ0v) is 12.7. The molecule has 0 saturated carbocycles. The topological polar surface area (TPSA) is 12.0 Å². The van der Waals surface area contributed by atoms with Gasteiger partial charge in [0, 0.05) is 21.2 Å². The highest BCUT2D eigenvalue weighted by molar-refractivity contribution is 9.10. The number of hydrogen-bond donors (Lipinski definition) is 1. The fourth-order valence-electron chi connectivity index (χ4n) is 1.93. The highest BCUT2D eigenvalue weighted by atomic mass is 79.9. The van der Waals surface area contributed by atoms with Crippen LogP contribution in [0.25, 0.3) is 0 Å². The van der Waals surface area contributed by atoms with Crippen LogP contribution in [0.2, 0.25) is 5.02 Å². The lowest BCUT2D eigenvalue weighted by molar-refractivity contribution is 0.884. The van der Waals surface area contributed by atoms with E-state index in [9.17, 15) is 0 Å². The lowest BCUT2D eigenvalue weighted by Gasteiger charge is -2.16. The summed E-state index contributed by atoms with van der Waals surface area (Å²) in [7, 11) is 0. The fraction of sp³-hybridized carbons (Fsp3) is 0.200. The molecule has 0 aliphatic carbocycles. The van der Waals surface area contributed by atoms with Gasteiger partial charge < -0.3 is 5.32 Å². The van der Waals surface area contributed by atoms with Crippen molar-refractivity contribution in [3.05, 3.63) is 63.1 Å². The van der Waals surface area contributed by atoms with E-state index >= 15 is 0 Å². The van der Waals surface area contributed by atoms with Crippen LogP contribution in [0.15, 0.2) is 46.9 Å². The van der Waals surface area contributed by atoms with Gasteiger partial charge in [-0.05, 0) is 55.3 Å². The number of hydrogen-bond acceptors (Lipinski definition) is 1. The maximum atomic E-state index is 6.01. The van der Waals surface area contributed by atoms with Gasteiger partial charge in [0.15, 0.2) is 0 Å². The Morgan fingerprint density at radius 3 is 2.61 bits per heavy atom. The molecule has 0 bridgehead atoms. The SMILES string of the molecule is Cc1cc(Br)cc(NC(C)c2cccc(Cl)c2)c1. The molecule has 18 heavy (non-hydrogen) atoms. The van der Waals surface area contributed by atoms with E-state index in [-0.39, 0.29) is 6.04 Å². The first-order valence-electron chi connectivity index (χ1n) is 5.84. The van der Waals surface area contributed by atoms with Gasteiger partial charge in [0.25, 0.3) is 0 Å². The lowest BCUT2D eigenvalue weighted by atomic mass is 10.1. The molecule has 0 aromatic heterocycles. The maximum absolute atomic E-state index is 6.01.